The lowest BCUT2D eigenvalue weighted by Gasteiger charge is -2.27. The first-order valence-electron chi connectivity index (χ1n) is 11.5. The molecule has 1 unspecified atom stereocenters. The second kappa shape index (κ2) is 13.2. The molecule has 1 atom stereocenters. The second-order valence-electron chi connectivity index (χ2n) is 8.00. The summed E-state index contributed by atoms with van der Waals surface area (Å²) in [5.41, 5.74) is 2.77. The van der Waals surface area contributed by atoms with Crippen LogP contribution < -0.4 is 30.2 Å². The van der Waals surface area contributed by atoms with Gasteiger partial charge in [-0.2, -0.15) is 0 Å². The van der Waals surface area contributed by atoms with Gasteiger partial charge in [0.05, 0.1) is 26.8 Å². The number of rotatable bonds is 1. The van der Waals surface area contributed by atoms with E-state index >= 15 is 0 Å². The molecule has 0 saturated heterocycles. The smallest absolute Gasteiger partial charge is 0.290 e. The third-order valence-electron chi connectivity index (χ3n) is 5.64. The SMILES string of the molecule is COc1ccc2cc1OCCCCNCC(=O)NCCOc1ccc3c(c1)NC(=O)CC23.O=CO. The maximum atomic E-state index is 12.5. The van der Waals surface area contributed by atoms with E-state index in [4.69, 9.17) is 24.1 Å². The number of carbonyl (C=O) groups is 3. The average Bonchev–Trinajstić information content (AvgIpc) is 2.85. The van der Waals surface area contributed by atoms with Gasteiger partial charge in [0.15, 0.2) is 11.5 Å². The van der Waals surface area contributed by atoms with Crippen molar-refractivity contribution < 1.29 is 33.7 Å². The van der Waals surface area contributed by atoms with E-state index in [1.54, 1.807) is 7.11 Å². The molecule has 3 aliphatic heterocycles. The summed E-state index contributed by atoms with van der Waals surface area (Å²) in [5, 5.41) is 15.8. The van der Waals surface area contributed by atoms with Crippen molar-refractivity contribution in [3.8, 4) is 17.2 Å². The lowest BCUT2D eigenvalue weighted by Crippen LogP contribution is -2.36. The topological polar surface area (TPSA) is 135 Å². The van der Waals surface area contributed by atoms with Crippen molar-refractivity contribution in [2.75, 3.05) is 45.3 Å². The number of hydrogen-bond donors (Lipinski definition) is 4. The number of benzene rings is 2. The predicted octanol–water partition coefficient (Wildman–Crippen LogP) is 2.13. The molecule has 2 aromatic carbocycles. The maximum absolute atomic E-state index is 12.5. The minimum atomic E-state index is -0.250. The molecule has 0 spiro atoms. The summed E-state index contributed by atoms with van der Waals surface area (Å²) in [4.78, 5) is 32.7. The highest BCUT2D eigenvalue weighted by molar-refractivity contribution is 5.95. The van der Waals surface area contributed by atoms with Crippen LogP contribution in [0.2, 0.25) is 0 Å². The lowest BCUT2D eigenvalue weighted by atomic mass is 9.84. The van der Waals surface area contributed by atoms with E-state index < -0.39 is 0 Å². The summed E-state index contributed by atoms with van der Waals surface area (Å²) in [5.74, 6) is 1.77. The Morgan fingerprint density at radius 1 is 1.03 bits per heavy atom. The zero-order valence-electron chi connectivity index (χ0n) is 19.7. The molecule has 2 amide bonds. The number of fused-ring (bicyclic) bond motifs is 12. The Kier molecular flexibility index (Phi) is 9.73. The van der Waals surface area contributed by atoms with Crippen molar-refractivity contribution >= 4 is 24.0 Å². The number of hydrogen-bond acceptors (Lipinski definition) is 7. The van der Waals surface area contributed by atoms with Crippen LogP contribution in [0.3, 0.4) is 0 Å². The van der Waals surface area contributed by atoms with Gasteiger partial charge in [0.25, 0.3) is 6.47 Å². The number of methoxy groups -OCH3 is 1. The van der Waals surface area contributed by atoms with E-state index in [2.05, 4.69) is 16.0 Å². The van der Waals surface area contributed by atoms with Crippen molar-refractivity contribution in [1.82, 2.24) is 10.6 Å². The van der Waals surface area contributed by atoms with Crippen LogP contribution in [0.4, 0.5) is 5.69 Å². The minimum Gasteiger partial charge on any atom is -0.493 e. The Balaban J connectivity index is 0.00000108. The van der Waals surface area contributed by atoms with E-state index in [0.29, 0.717) is 43.4 Å². The first-order chi connectivity index (χ1) is 17.0. The van der Waals surface area contributed by atoms with Crippen molar-refractivity contribution in [2.45, 2.75) is 25.2 Å². The first-order valence-corrected chi connectivity index (χ1v) is 11.5. The van der Waals surface area contributed by atoms with Gasteiger partial charge in [-0.3, -0.25) is 14.4 Å². The molecule has 0 fully saturated rings. The number of nitrogens with one attached hydrogen (secondary N) is 3. The highest BCUT2D eigenvalue weighted by atomic mass is 16.5. The van der Waals surface area contributed by atoms with Crippen molar-refractivity contribution in [3.05, 3.63) is 47.5 Å². The Morgan fingerprint density at radius 3 is 2.66 bits per heavy atom. The second-order valence-corrected chi connectivity index (χ2v) is 8.00. The summed E-state index contributed by atoms with van der Waals surface area (Å²) >= 11 is 0. The summed E-state index contributed by atoms with van der Waals surface area (Å²) < 4.78 is 17.3. The molecule has 10 heteroatoms. The molecule has 5 rings (SSSR count). The molecule has 10 nitrogen and oxygen atoms in total. The van der Waals surface area contributed by atoms with Crippen LogP contribution in [0.25, 0.3) is 0 Å². The minimum absolute atomic E-state index is 0.0418. The van der Waals surface area contributed by atoms with Crippen LogP contribution >= 0.6 is 0 Å². The predicted molar refractivity (Wildman–Crippen MR) is 129 cm³/mol. The Bertz CT molecular complexity index is 1030. The van der Waals surface area contributed by atoms with Gasteiger partial charge in [-0.05, 0) is 48.7 Å². The van der Waals surface area contributed by atoms with E-state index in [1.807, 2.05) is 36.4 Å². The molecule has 6 bridgehead atoms. The van der Waals surface area contributed by atoms with Gasteiger partial charge >= 0.3 is 0 Å². The monoisotopic (exact) mass is 485 g/mol. The molecular formula is C25H31N3O7. The standard InChI is InChI=1S/C24H29N3O5.CH2O2/c1-30-21-7-4-16-12-22(21)32-10-3-2-8-25-15-24(29)26-9-11-31-17-5-6-18-19(16)14-23(28)27-20(18)13-17;2-1-3/h4-7,12-13,19,25H,2-3,8-11,14-15H2,1H3,(H,26,29)(H,27,28);1H,(H,2,3). The fraction of sp³-hybridized carbons (Fsp3) is 0.400. The zero-order chi connectivity index (χ0) is 25.0. The molecule has 0 radical (unpaired) electrons. The molecule has 188 valence electrons. The maximum Gasteiger partial charge on any atom is 0.290 e. The molecule has 0 aliphatic carbocycles. The highest BCUT2D eigenvalue weighted by Gasteiger charge is 2.27. The summed E-state index contributed by atoms with van der Waals surface area (Å²) in [6.45, 7) is 2.05. The van der Waals surface area contributed by atoms with Crippen LogP contribution in [-0.2, 0) is 14.4 Å². The summed E-state index contributed by atoms with van der Waals surface area (Å²) in [6.07, 6.45) is 2.08. The van der Waals surface area contributed by atoms with Gasteiger partial charge in [0, 0.05) is 24.1 Å². The van der Waals surface area contributed by atoms with Crippen LogP contribution in [0.5, 0.6) is 17.2 Å². The lowest BCUT2D eigenvalue weighted by molar-refractivity contribution is -0.123. The van der Waals surface area contributed by atoms with Gasteiger partial charge in [-0.1, -0.05) is 12.1 Å². The van der Waals surface area contributed by atoms with Gasteiger partial charge in [-0.15, -0.1) is 0 Å². The molecule has 4 N–H and O–H groups in total. The van der Waals surface area contributed by atoms with Gasteiger partial charge < -0.3 is 35.3 Å². The summed E-state index contributed by atoms with van der Waals surface area (Å²) in [6, 6.07) is 11.6. The fourth-order valence-electron chi connectivity index (χ4n) is 4.01. The number of ether oxygens (including phenoxy) is 3. The first kappa shape index (κ1) is 25.8. The van der Waals surface area contributed by atoms with Gasteiger partial charge in [-0.25, -0.2) is 0 Å². The van der Waals surface area contributed by atoms with Crippen LogP contribution in [0.1, 0.15) is 36.3 Å². The van der Waals surface area contributed by atoms with Gasteiger partial charge in [0.2, 0.25) is 11.8 Å². The van der Waals surface area contributed by atoms with Crippen LogP contribution in [0, 0.1) is 0 Å². The third kappa shape index (κ3) is 7.35. The van der Waals surface area contributed by atoms with Crippen LogP contribution in [-0.4, -0.2) is 63.4 Å². The molecule has 0 saturated carbocycles. The number of carbonyl (C=O) groups excluding carboxylic acids is 2. The average molecular weight is 486 g/mol. The zero-order valence-corrected chi connectivity index (χ0v) is 19.7. The highest BCUT2D eigenvalue weighted by Crippen LogP contribution is 2.41. The van der Waals surface area contributed by atoms with E-state index in [9.17, 15) is 9.59 Å². The third-order valence-corrected chi connectivity index (χ3v) is 5.64. The van der Waals surface area contributed by atoms with Crippen LogP contribution in [0.15, 0.2) is 36.4 Å². The molecule has 3 aliphatic rings. The van der Waals surface area contributed by atoms with Crippen molar-refractivity contribution in [1.29, 1.82) is 0 Å². The van der Waals surface area contributed by atoms with E-state index in [0.717, 1.165) is 36.2 Å². The molecule has 0 aromatic heterocycles. The summed E-state index contributed by atoms with van der Waals surface area (Å²) in [7, 11) is 1.62. The number of amides is 2. The normalized spacial score (nSPS) is 18.4. The van der Waals surface area contributed by atoms with Gasteiger partial charge in [0.1, 0.15) is 12.4 Å². The Hall–Kier alpha value is -3.79. The number of anilines is 1. The molecular weight excluding hydrogens is 454 g/mol. The molecule has 2 aromatic rings. The molecule has 35 heavy (non-hydrogen) atoms. The largest absolute Gasteiger partial charge is 0.493 e. The van der Waals surface area contributed by atoms with E-state index in [-0.39, 0.29) is 30.7 Å². The number of carboxylic acid groups (broad SMARTS) is 1. The van der Waals surface area contributed by atoms with Crippen molar-refractivity contribution in [2.24, 2.45) is 0 Å². The Labute approximate surface area is 203 Å². The fourth-order valence-corrected chi connectivity index (χ4v) is 4.01. The van der Waals surface area contributed by atoms with Crippen molar-refractivity contribution in [3.63, 3.8) is 0 Å². The molecule has 3 heterocycles. The quantitative estimate of drug-likeness (QED) is 0.356. The van der Waals surface area contributed by atoms with E-state index in [1.165, 1.54) is 0 Å². The Morgan fingerprint density at radius 2 is 1.86 bits per heavy atom.